The van der Waals surface area contributed by atoms with Crippen molar-refractivity contribution in [2.24, 2.45) is 0 Å². The van der Waals surface area contributed by atoms with Gasteiger partial charge in [0.1, 0.15) is 11.6 Å². The second-order valence-electron chi connectivity index (χ2n) is 6.89. The number of aryl methyl sites for hydroxylation is 2. The highest BCUT2D eigenvalue weighted by molar-refractivity contribution is 5.76. The standard InChI is InChI=1S/C24H27N3O4/c1-4-19-25-20(5-2)27-23(26-19)31-21(22(28)29)24(30-6-3,17-13-9-7-10-14-17)18-15-11-8-12-16-18/h7-16,21H,4-6H2,1-3H3,(H,28,29). The minimum absolute atomic E-state index is 0.0213. The van der Waals surface area contributed by atoms with Gasteiger partial charge in [-0.15, -0.1) is 0 Å². The Morgan fingerprint density at radius 2 is 1.35 bits per heavy atom. The quantitative estimate of drug-likeness (QED) is 0.532. The molecule has 1 heterocycles. The van der Waals surface area contributed by atoms with Crippen LogP contribution >= 0.6 is 0 Å². The highest BCUT2D eigenvalue weighted by atomic mass is 16.6. The number of carboxylic acids is 1. The maximum Gasteiger partial charge on any atom is 0.348 e. The van der Waals surface area contributed by atoms with E-state index >= 15 is 0 Å². The predicted octanol–water partition coefficient (Wildman–Crippen LogP) is 3.81. The molecule has 0 fully saturated rings. The summed E-state index contributed by atoms with van der Waals surface area (Å²) in [5.74, 6) is -0.0856. The molecule has 1 unspecified atom stereocenters. The van der Waals surface area contributed by atoms with Gasteiger partial charge in [0.05, 0.1) is 0 Å². The van der Waals surface area contributed by atoms with Crippen molar-refractivity contribution in [3.05, 3.63) is 83.4 Å². The van der Waals surface area contributed by atoms with E-state index in [0.29, 0.717) is 35.6 Å². The lowest BCUT2D eigenvalue weighted by Gasteiger charge is -2.38. The number of carboxylic acid groups (broad SMARTS) is 1. The first-order valence-electron chi connectivity index (χ1n) is 10.4. The zero-order valence-corrected chi connectivity index (χ0v) is 18.0. The molecule has 0 aliphatic carbocycles. The van der Waals surface area contributed by atoms with Gasteiger partial charge in [0, 0.05) is 19.4 Å². The number of ether oxygens (including phenoxy) is 2. The number of hydrogen-bond acceptors (Lipinski definition) is 6. The molecule has 0 amide bonds. The summed E-state index contributed by atoms with van der Waals surface area (Å²) in [6, 6.07) is 18.5. The van der Waals surface area contributed by atoms with Crippen molar-refractivity contribution in [2.75, 3.05) is 6.61 Å². The number of nitrogens with zero attached hydrogens (tertiary/aromatic N) is 3. The molecule has 3 aromatic rings. The summed E-state index contributed by atoms with van der Waals surface area (Å²) in [5.41, 5.74) is -0.0824. The molecule has 2 aromatic carbocycles. The van der Waals surface area contributed by atoms with Gasteiger partial charge in [0.25, 0.3) is 0 Å². The Labute approximate surface area is 182 Å². The monoisotopic (exact) mass is 421 g/mol. The van der Waals surface area contributed by atoms with E-state index in [2.05, 4.69) is 15.0 Å². The maximum absolute atomic E-state index is 12.6. The van der Waals surface area contributed by atoms with Crippen LogP contribution in [0.25, 0.3) is 0 Å². The zero-order valence-electron chi connectivity index (χ0n) is 18.0. The average molecular weight is 421 g/mol. The van der Waals surface area contributed by atoms with Crippen LogP contribution in [0.2, 0.25) is 0 Å². The van der Waals surface area contributed by atoms with Gasteiger partial charge in [-0.2, -0.15) is 9.97 Å². The molecule has 0 aliphatic heterocycles. The van der Waals surface area contributed by atoms with Crippen LogP contribution < -0.4 is 4.74 Å². The van der Waals surface area contributed by atoms with Gasteiger partial charge in [-0.05, 0) is 18.1 Å². The molecule has 3 rings (SSSR count). The van der Waals surface area contributed by atoms with E-state index in [4.69, 9.17) is 9.47 Å². The molecule has 0 bridgehead atoms. The van der Waals surface area contributed by atoms with Crippen molar-refractivity contribution in [3.63, 3.8) is 0 Å². The fourth-order valence-corrected chi connectivity index (χ4v) is 3.54. The molecule has 0 saturated heterocycles. The van der Waals surface area contributed by atoms with Crippen molar-refractivity contribution in [1.29, 1.82) is 0 Å². The number of carbonyl (C=O) groups is 1. The average Bonchev–Trinajstić information content (AvgIpc) is 2.82. The first-order valence-corrected chi connectivity index (χ1v) is 10.4. The maximum atomic E-state index is 12.6. The zero-order chi connectivity index (χ0) is 22.3. The van der Waals surface area contributed by atoms with Crippen LogP contribution in [-0.2, 0) is 28.0 Å². The van der Waals surface area contributed by atoms with Crippen molar-refractivity contribution in [2.45, 2.75) is 45.3 Å². The van der Waals surface area contributed by atoms with Gasteiger partial charge in [-0.25, -0.2) is 9.78 Å². The highest BCUT2D eigenvalue weighted by Crippen LogP contribution is 2.39. The number of hydrogen-bond donors (Lipinski definition) is 1. The van der Waals surface area contributed by atoms with E-state index in [0.717, 1.165) is 0 Å². The summed E-state index contributed by atoms with van der Waals surface area (Å²) in [7, 11) is 0. The lowest BCUT2D eigenvalue weighted by Crippen LogP contribution is -2.51. The first-order chi connectivity index (χ1) is 15.0. The van der Waals surface area contributed by atoms with Gasteiger partial charge in [-0.1, -0.05) is 74.5 Å². The largest absolute Gasteiger partial charge is 0.478 e. The fraction of sp³-hybridized carbons (Fsp3) is 0.333. The number of aromatic nitrogens is 3. The van der Waals surface area contributed by atoms with Crippen LogP contribution in [0.5, 0.6) is 6.01 Å². The van der Waals surface area contributed by atoms with Gasteiger partial charge >= 0.3 is 12.0 Å². The van der Waals surface area contributed by atoms with E-state index in [1.54, 1.807) is 0 Å². The number of benzene rings is 2. The Balaban J connectivity index is 2.20. The van der Waals surface area contributed by atoms with Gasteiger partial charge in [0.2, 0.25) is 6.10 Å². The van der Waals surface area contributed by atoms with E-state index in [1.807, 2.05) is 81.4 Å². The van der Waals surface area contributed by atoms with Crippen LogP contribution in [-0.4, -0.2) is 38.7 Å². The smallest absolute Gasteiger partial charge is 0.348 e. The third-order valence-electron chi connectivity index (χ3n) is 4.93. The third-order valence-corrected chi connectivity index (χ3v) is 4.93. The Kier molecular flexibility index (Phi) is 7.31. The topological polar surface area (TPSA) is 94.4 Å². The Hall–Kier alpha value is -3.32. The molecule has 31 heavy (non-hydrogen) atoms. The summed E-state index contributed by atoms with van der Waals surface area (Å²) in [6.45, 7) is 5.94. The molecular formula is C24H27N3O4. The summed E-state index contributed by atoms with van der Waals surface area (Å²) >= 11 is 0. The van der Waals surface area contributed by atoms with Crippen molar-refractivity contribution in [1.82, 2.24) is 15.0 Å². The van der Waals surface area contributed by atoms with Gasteiger partial charge in [0.15, 0.2) is 5.60 Å². The summed E-state index contributed by atoms with van der Waals surface area (Å²) < 4.78 is 12.2. The molecule has 7 heteroatoms. The SMILES string of the molecule is CCOC(c1ccccc1)(c1ccccc1)C(Oc1nc(CC)nc(CC)n1)C(=O)O. The second kappa shape index (κ2) is 10.1. The lowest BCUT2D eigenvalue weighted by atomic mass is 9.81. The van der Waals surface area contributed by atoms with Crippen LogP contribution in [0.3, 0.4) is 0 Å². The van der Waals surface area contributed by atoms with Crippen LogP contribution in [0, 0.1) is 0 Å². The fourth-order valence-electron chi connectivity index (χ4n) is 3.54. The van der Waals surface area contributed by atoms with Crippen LogP contribution in [0.15, 0.2) is 60.7 Å². The lowest BCUT2D eigenvalue weighted by molar-refractivity contribution is -0.163. The van der Waals surface area contributed by atoms with Gasteiger partial charge in [-0.3, -0.25) is 0 Å². The number of aliphatic carboxylic acids is 1. The van der Waals surface area contributed by atoms with Crippen LogP contribution in [0.1, 0.15) is 43.5 Å². The van der Waals surface area contributed by atoms with Crippen molar-refractivity contribution in [3.8, 4) is 6.01 Å². The Morgan fingerprint density at radius 3 is 1.74 bits per heavy atom. The summed E-state index contributed by atoms with van der Waals surface area (Å²) in [5, 5.41) is 10.3. The van der Waals surface area contributed by atoms with Crippen molar-refractivity contribution >= 4 is 5.97 Å². The molecule has 1 atom stereocenters. The molecule has 1 N–H and O–H groups in total. The molecule has 0 radical (unpaired) electrons. The molecule has 0 saturated carbocycles. The Bertz CT molecular complexity index is 934. The minimum atomic E-state index is -1.44. The Morgan fingerprint density at radius 1 is 0.871 bits per heavy atom. The molecule has 162 valence electrons. The predicted molar refractivity (Wildman–Crippen MR) is 116 cm³/mol. The van der Waals surface area contributed by atoms with Gasteiger partial charge < -0.3 is 14.6 Å². The van der Waals surface area contributed by atoms with Crippen molar-refractivity contribution < 1.29 is 19.4 Å². The molecule has 0 aliphatic rings. The summed E-state index contributed by atoms with van der Waals surface area (Å²) in [6.07, 6.45) is -0.274. The summed E-state index contributed by atoms with van der Waals surface area (Å²) in [4.78, 5) is 25.6. The molecule has 1 aromatic heterocycles. The molecule has 7 nitrogen and oxygen atoms in total. The second-order valence-corrected chi connectivity index (χ2v) is 6.89. The normalized spacial score (nSPS) is 12.4. The third kappa shape index (κ3) is 4.72. The van der Waals surface area contributed by atoms with Crippen LogP contribution in [0.4, 0.5) is 0 Å². The van der Waals surface area contributed by atoms with E-state index < -0.39 is 17.7 Å². The minimum Gasteiger partial charge on any atom is -0.478 e. The number of rotatable bonds is 10. The van der Waals surface area contributed by atoms with E-state index in [1.165, 1.54) is 0 Å². The molecular weight excluding hydrogens is 394 g/mol. The van der Waals surface area contributed by atoms with E-state index in [9.17, 15) is 9.90 Å². The van der Waals surface area contributed by atoms with E-state index in [-0.39, 0.29) is 12.6 Å². The first kappa shape index (κ1) is 22.4. The highest BCUT2D eigenvalue weighted by Gasteiger charge is 2.50. The molecule has 0 spiro atoms.